The van der Waals surface area contributed by atoms with Crippen molar-refractivity contribution in [1.29, 1.82) is 10.5 Å². The van der Waals surface area contributed by atoms with Crippen LogP contribution in [-0.2, 0) is 0 Å². The van der Waals surface area contributed by atoms with Gasteiger partial charge in [0.2, 0.25) is 0 Å². The number of hydrogen-bond acceptors (Lipinski definition) is 2. The van der Waals surface area contributed by atoms with Gasteiger partial charge in [-0.1, -0.05) is 6.42 Å². The minimum atomic E-state index is 0.101. The predicted molar refractivity (Wildman–Crippen MR) is 36.7 cm³/mol. The number of nitriles is 2. The Labute approximate surface area is 61.1 Å². The van der Waals surface area contributed by atoms with Crippen molar-refractivity contribution < 1.29 is 0 Å². The van der Waals surface area contributed by atoms with Gasteiger partial charge in [-0.3, -0.25) is 0 Å². The molecule has 0 atom stereocenters. The third-order valence-corrected chi connectivity index (χ3v) is 2.32. The highest BCUT2D eigenvalue weighted by Gasteiger charge is 2.36. The van der Waals surface area contributed by atoms with Crippen molar-refractivity contribution in [3.05, 3.63) is 0 Å². The lowest BCUT2D eigenvalue weighted by Gasteiger charge is -2.37. The van der Waals surface area contributed by atoms with Crippen molar-refractivity contribution >= 4 is 0 Å². The second-order valence-corrected chi connectivity index (χ2v) is 3.02. The topological polar surface area (TPSA) is 47.6 Å². The first kappa shape index (κ1) is 7.09. The van der Waals surface area contributed by atoms with Gasteiger partial charge in [-0.05, 0) is 18.3 Å². The van der Waals surface area contributed by atoms with Crippen molar-refractivity contribution in [3.63, 3.8) is 0 Å². The fourth-order valence-electron chi connectivity index (χ4n) is 1.43. The van der Waals surface area contributed by atoms with Crippen LogP contribution in [0.5, 0.6) is 0 Å². The largest absolute Gasteiger partial charge is 0.198 e. The van der Waals surface area contributed by atoms with Crippen LogP contribution < -0.4 is 0 Å². The monoisotopic (exact) mass is 134 g/mol. The van der Waals surface area contributed by atoms with Crippen LogP contribution >= 0.6 is 0 Å². The molecule has 0 amide bonds. The van der Waals surface area contributed by atoms with Crippen molar-refractivity contribution in [2.24, 2.45) is 5.41 Å². The first-order chi connectivity index (χ1) is 4.83. The molecule has 10 heavy (non-hydrogen) atoms. The van der Waals surface area contributed by atoms with Gasteiger partial charge in [0, 0.05) is 12.8 Å². The highest BCUT2D eigenvalue weighted by atomic mass is 14.4. The van der Waals surface area contributed by atoms with Crippen molar-refractivity contribution in [1.82, 2.24) is 0 Å². The molecule has 0 aromatic carbocycles. The summed E-state index contributed by atoms with van der Waals surface area (Å²) >= 11 is 0. The summed E-state index contributed by atoms with van der Waals surface area (Å²) in [5.41, 5.74) is 0.101. The van der Waals surface area contributed by atoms with Crippen LogP contribution in [0.15, 0.2) is 0 Å². The van der Waals surface area contributed by atoms with Gasteiger partial charge in [0.15, 0.2) is 0 Å². The summed E-state index contributed by atoms with van der Waals surface area (Å²) in [6.07, 6.45) is 4.49. The maximum atomic E-state index is 8.43. The molecule has 0 heterocycles. The van der Waals surface area contributed by atoms with Gasteiger partial charge in [-0.15, -0.1) is 0 Å². The van der Waals surface area contributed by atoms with E-state index in [1.165, 1.54) is 6.42 Å². The molecule has 0 saturated heterocycles. The van der Waals surface area contributed by atoms with Crippen LogP contribution in [0.3, 0.4) is 0 Å². The summed E-state index contributed by atoms with van der Waals surface area (Å²) in [5.74, 6) is 0. The molecule has 1 saturated carbocycles. The molecule has 2 heteroatoms. The van der Waals surface area contributed by atoms with Crippen molar-refractivity contribution in [2.75, 3.05) is 0 Å². The Kier molecular flexibility index (Phi) is 1.92. The Morgan fingerprint density at radius 1 is 1.10 bits per heavy atom. The average molecular weight is 134 g/mol. The highest BCUT2D eigenvalue weighted by molar-refractivity contribution is 4.99. The maximum Gasteiger partial charge on any atom is 0.0627 e. The number of rotatable bonds is 2. The molecule has 1 aliphatic rings. The van der Waals surface area contributed by atoms with E-state index >= 15 is 0 Å². The Hall–Kier alpha value is -1.02. The summed E-state index contributed by atoms with van der Waals surface area (Å²) in [5, 5.41) is 16.9. The second kappa shape index (κ2) is 2.71. The standard InChI is InChI=1S/C8H10N2/c9-6-4-8(5-7-10)2-1-3-8/h1-5H2. The second-order valence-electron chi connectivity index (χ2n) is 3.02. The van der Waals surface area contributed by atoms with Crippen molar-refractivity contribution in [2.45, 2.75) is 32.1 Å². The first-order valence-corrected chi connectivity index (χ1v) is 3.57. The molecule has 1 aliphatic carbocycles. The Bertz CT molecular complexity index is 172. The lowest BCUT2D eigenvalue weighted by atomic mass is 9.65. The minimum Gasteiger partial charge on any atom is -0.198 e. The van der Waals surface area contributed by atoms with E-state index in [1.54, 1.807) is 0 Å². The van der Waals surface area contributed by atoms with Gasteiger partial charge in [0.05, 0.1) is 12.1 Å². The van der Waals surface area contributed by atoms with E-state index in [9.17, 15) is 0 Å². The van der Waals surface area contributed by atoms with Crippen LogP contribution in [0.25, 0.3) is 0 Å². The first-order valence-electron chi connectivity index (χ1n) is 3.57. The van der Waals surface area contributed by atoms with Crippen LogP contribution in [0.1, 0.15) is 32.1 Å². The van der Waals surface area contributed by atoms with Gasteiger partial charge in [-0.2, -0.15) is 10.5 Å². The van der Waals surface area contributed by atoms with E-state index in [-0.39, 0.29) is 5.41 Å². The predicted octanol–water partition coefficient (Wildman–Crippen LogP) is 1.98. The van der Waals surface area contributed by atoms with Gasteiger partial charge < -0.3 is 0 Å². The molecule has 0 radical (unpaired) electrons. The highest BCUT2D eigenvalue weighted by Crippen LogP contribution is 2.46. The zero-order valence-corrected chi connectivity index (χ0v) is 5.93. The molecule has 0 spiro atoms. The molecule has 0 unspecified atom stereocenters. The molecule has 1 fully saturated rings. The summed E-state index contributed by atoms with van der Waals surface area (Å²) in [6, 6.07) is 4.29. The van der Waals surface area contributed by atoms with Gasteiger partial charge in [-0.25, -0.2) is 0 Å². The molecule has 2 nitrogen and oxygen atoms in total. The normalized spacial score (nSPS) is 20.2. The molecule has 1 rings (SSSR count). The minimum absolute atomic E-state index is 0.101. The summed E-state index contributed by atoms with van der Waals surface area (Å²) in [6.45, 7) is 0. The molecule has 0 aromatic rings. The fourth-order valence-corrected chi connectivity index (χ4v) is 1.43. The molecular weight excluding hydrogens is 124 g/mol. The Balaban J connectivity index is 2.46. The third-order valence-electron chi connectivity index (χ3n) is 2.32. The van der Waals surface area contributed by atoms with Crippen LogP contribution in [0, 0.1) is 28.1 Å². The van der Waals surface area contributed by atoms with E-state index in [2.05, 4.69) is 12.1 Å². The summed E-state index contributed by atoms with van der Waals surface area (Å²) in [4.78, 5) is 0. The van der Waals surface area contributed by atoms with E-state index in [1.807, 2.05) is 0 Å². The Morgan fingerprint density at radius 3 is 1.80 bits per heavy atom. The van der Waals surface area contributed by atoms with E-state index in [4.69, 9.17) is 10.5 Å². The van der Waals surface area contributed by atoms with Crippen molar-refractivity contribution in [3.8, 4) is 12.1 Å². The summed E-state index contributed by atoms with van der Waals surface area (Å²) in [7, 11) is 0. The number of nitrogens with zero attached hydrogens (tertiary/aromatic N) is 2. The molecule has 0 aromatic heterocycles. The Morgan fingerprint density at radius 2 is 1.60 bits per heavy atom. The SMILES string of the molecule is N#CCC1(CC#N)CCC1. The zero-order valence-electron chi connectivity index (χ0n) is 5.93. The molecule has 52 valence electrons. The molecular formula is C8H10N2. The fraction of sp³-hybridized carbons (Fsp3) is 0.750. The van der Waals surface area contributed by atoms with E-state index < -0.39 is 0 Å². The van der Waals surface area contributed by atoms with Gasteiger partial charge >= 0.3 is 0 Å². The van der Waals surface area contributed by atoms with Gasteiger partial charge in [0.25, 0.3) is 0 Å². The third kappa shape index (κ3) is 1.11. The van der Waals surface area contributed by atoms with Crippen LogP contribution in [-0.4, -0.2) is 0 Å². The summed E-state index contributed by atoms with van der Waals surface area (Å²) < 4.78 is 0. The quantitative estimate of drug-likeness (QED) is 0.579. The number of hydrogen-bond donors (Lipinski definition) is 0. The average Bonchev–Trinajstić information content (AvgIpc) is 1.84. The van der Waals surface area contributed by atoms with Gasteiger partial charge in [0.1, 0.15) is 0 Å². The maximum absolute atomic E-state index is 8.43. The van der Waals surface area contributed by atoms with E-state index in [0.717, 1.165) is 12.8 Å². The zero-order chi connectivity index (χ0) is 7.45. The van der Waals surface area contributed by atoms with E-state index in [0.29, 0.717) is 12.8 Å². The van der Waals surface area contributed by atoms with Crippen LogP contribution in [0.4, 0.5) is 0 Å². The smallest absolute Gasteiger partial charge is 0.0627 e. The molecule has 0 bridgehead atoms. The lowest BCUT2D eigenvalue weighted by Crippen LogP contribution is -2.28. The van der Waals surface area contributed by atoms with Crippen LogP contribution in [0.2, 0.25) is 0 Å². The molecule has 0 N–H and O–H groups in total. The molecule has 0 aliphatic heterocycles. The lowest BCUT2D eigenvalue weighted by molar-refractivity contribution is 0.146.